The van der Waals surface area contributed by atoms with Crippen molar-refractivity contribution in [2.45, 2.75) is 18.8 Å². The Hall–Kier alpha value is -2.21. The van der Waals surface area contributed by atoms with Gasteiger partial charge in [-0.15, -0.1) is 11.3 Å². The Kier molecular flexibility index (Phi) is 4.76. The third kappa shape index (κ3) is 3.65. The van der Waals surface area contributed by atoms with Crippen LogP contribution in [-0.2, 0) is 16.0 Å². The van der Waals surface area contributed by atoms with Gasteiger partial charge in [0.1, 0.15) is 5.82 Å². The van der Waals surface area contributed by atoms with Crippen LogP contribution < -0.4 is 0 Å². The molecule has 1 saturated heterocycles. The van der Waals surface area contributed by atoms with Crippen LogP contribution in [0, 0.1) is 11.7 Å². The van der Waals surface area contributed by atoms with Gasteiger partial charge in [0, 0.05) is 37.0 Å². The molecule has 6 heteroatoms. The number of hydrogen-bond acceptors (Lipinski definition) is 3. The van der Waals surface area contributed by atoms with E-state index in [0.717, 1.165) is 16.9 Å². The number of halogens is 1. The lowest BCUT2D eigenvalue weighted by Gasteiger charge is -2.35. The number of carbonyl (C=O) groups is 2. The molecule has 1 aliphatic carbocycles. The van der Waals surface area contributed by atoms with Crippen molar-refractivity contribution in [2.24, 2.45) is 5.92 Å². The molecule has 0 N–H and O–H groups in total. The maximum atomic E-state index is 13.0. The lowest BCUT2D eigenvalue weighted by molar-refractivity contribution is -0.140. The van der Waals surface area contributed by atoms with Gasteiger partial charge in [-0.2, -0.15) is 0 Å². The second kappa shape index (κ2) is 7.19. The van der Waals surface area contributed by atoms with Crippen molar-refractivity contribution in [2.75, 3.05) is 26.2 Å². The summed E-state index contributed by atoms with van der Waals surface area (Å²) in [6.45, 7) is 2.40. The molecule has 0 spiro atoms. The Balaban J connectivity index is 1.27. The van der Waals surface area contributed by atoms with E-state index in [-0.39, 0.29) is 29.5 Å². The molecule has 4 nitrogen and oxygen atoms in total. The molecule has 2 fully saturated rings. The summed E-state index contributed by atoms with van der Waals surface area (Å²) in [5, 5.41) is 1.98. The molecule has 2 unspecified atom stereocenters. The molecule has 2 heterocycles. The van der Waals surface area contributed by atoms with Crippen LogP contribution in [0.5, 0.6) is 0 Å². The number of nitrogens with zero attached hydrogens (tertiary/aromatic N) is 2. The first-order valence-electron chi connectivity index (χ1n) is 8.96. The van der Waals surface area contributed by atoms with Gasteiger partial charge in [-0.1, -0.05) is 18.2 Å². The van der Waals surface area contributed by atoms with Crippen LogP contribution in [0.15, 0.2) is 41.8 Å². The third-order valence-corrected chi connectivity index (χ3v) is 6.13. The van der Waals surface area contributed by atoms with Crippen molar-refractivity contribution in [1.29, 1.82) is 0 Å². The average Bonchev–Trinajstić information content (AvgIpc) is 3.30. The quantitative estimate of drug-likeness (QED) is 0.828. The summed E-state index contributed by atoms with van der Waals surface area (Å²) < 4.78 is 13.0. The van der Waals surface area contributed by atoms with Gasteiger partial charge < -0.3 is 9.80 Å². The Labute approximate surface area is 156 Å². The number of thiophene rings is 1. The van der Waals surface area contributed by atoms with E-state index in [1.165, 1.54) is 12.1 Å². The number of amides is 2. The van der Waals surface area contributed by atoms with Crippen LogP contribution in [0.1, 0.15) is 22.8 Å². The number of rotatable bonds is 4. The maximum Gasteiger partial charge on any atom is 0.227 e. The first-order valence-corrected chi connectivity index (χ1v) is 9.84. The highest BCUT2D eigenvalue weighted by Gasteiger charge is 2.46. The molecule has 1 saturated carbocycles. The molecule has 0 radical (unpaired) electrons. The smallest absolute Gasteiger partial charge is 0.227 e. The number of carbonyl (C=O) groups excluding carboxylic acids is 2. The summed E-state index contributed by atoms with van der Waals surface area (Å²) >= 11 is 1.60. The average molecular weight is 372 g/mol. The topological polar surface area (TPSA) is 40.6 Å². The molecule has 1 aliphatic heterocycles. The zero-order valence-corrected chi connectivity index (χ0v) is 15.3. The van der Waals surface area contributed by atoms with Gasteiger partial charge in [0.25, 0.3) is 0 Å². The van der Waals surface area contributed by atoms with E-state index in [9.17, 15) is 14.0 Å². The van der Waals surface area contributed by atoms with Crippen molar-refractivity contribution in [1.82, 2.24) is 9.80 Å². The van der Waals surface area contributed by atoms with Gasteiger partial charge >= 0.3 is 0 Å². The Morgan fingerprint density at radius 3 is 2.38 bits per heavy atom. The van der Waals surface area contributed by atoms with Gasteiger partial charge in [0.2, 0.25) is 11.8 Å². The second-order valence-electron chi connectivity index (χ2n) is 6.96. The van der Waals surface area contributed by atoms with E-state index in [0.29, 0.717) is 32.6 Å². The molecule has 26 heavy (non-hydrogen) atoms. The van der Waals surface area contributed by atoms with Crippen LogP contribution in [0.2, 0.25) is 0 Å². The Bertz CT molecular complexity index is 783. The van der Waals surface area contributed by atoms with E-state index in [1.807, 2.05) is 27.3 Å². The van der Waals surface area contributed by atoms with E-state index >= 15 is 0 Å². The number of hydrogen-bond donors (Lipinski definition) is 0. The zero-order valence-electron chi connectivity index (χ0n) is 14.4. The van der Waals surface area contributed by atoms with E-state index in [2.05, 4.69) is 0 Å². The van der Waals surface area contributed by atoms with Crippen LogP contribution in [-0.4, -0.2) is 47.8 Å². The molecule has 1 aromatic heterocycles. The molecule has 2 amide bonds. The molecule has 1 aromatic carbocycles. The largest absolute Gasteiger partial charge is 0.339 e. The molecule has 2 atom stereocenters. The fourth-order valence-electron chi connectivity index (χ4n) is 3.63. The fourth-order valence-corrected chi connectivity index (χ4v) is 4.33. The number of piperazine rings is 1. The molecule has 2 aromatic rings. The maximum absolute atomic E-state index is 13.0. The summed E-state index contributed by atoms with van der Waals surface area (Å²) in [4.78, 5) is 29.9. The second-order valence-corrected chi connectivity index (χ2v) is 7.99. The van der Waals surface area contributed by atoms with E-state index in [4.69, 9.17) is 0 Å². The van der Waals surface area contributed by atoms with E-state index in [1.54, 1.807) is 23.5 Å². The number of benzene rings is 1. The van der Waals surface area contributed by atoms with Gasteiger partial charge in [0.05, 0.1) is 6.42 Å². The van der Waals surface area contributed by atoms with Crippen molar-refractivity contribution in [3.05, 3.63) is 58.0 Å². The van der Waals surface area contributed by atoms with Gasteiger partial charge in [-0.3, -0.25) is 9.59 Å². The normalized spacial score (nSPS) is 22.3. The van der Waals surface area contributed by atoms with Crippen molar-refractivity contribution in [3.8, 4) is 0 Å². The van der Waals surface area contributed by atoms with Gasteiger partial charge in [-0.25, -0.2) is 4.39 Å². The molecular weight excluding hydrogens is 351 g/mol. The van der Waals surface area contributed by atoms with Crippen LogP contribution in [0.3, 0.4) is 0 Å². The highest BCUT2D eigenvalue weighted by molar-refractivity contribution is 7.10. The minimum atomic E-state index is -0.249. The van der Waals surface area contributed by atoms with Crippen LogP contribution in [0.25, 0.3) is 0 Å². The van der Waals surface area contributed by atoms with Crippen LogP contribution in [0.4, 0.5) is 4.39 Å². The molecule has 2 aliphatic rings. The Morgan fingerprint density at radius 1 is 1.04 bits per heavy atom. The first-order chi connectivity index (χ1) is 12.6. The van der Waals surface area contributed by atoms with Crippen molar-refractivity contribution < 1.29 is 14.0 Å². The summed E-state index contributed by atoms with van der Waals surface area (Å²) in [6, 6.07) is 10.4. The fraction of sp³-hybridized carbons (Fsp3) is 0.400. The van der Waals surface area contributed by atoms with Gasteiger partial charge in [-0.05, 0) is 41.5 Å². The highest BCUT2D eigenvalue weighted by Crippen LogP contribution is 2.48. The third-order valence-electron chi connectivity index (χ3n) is 5.26. The standard InChI is InChI=1S/C20H21FN2O2S/c21-15-5-3-14(4-6-15)17-13-18(17)20(25)23-9-7-22(8-10-23)19(24)12-16-2-1-11-26-16/h1-6,11,17-18H,7-10,12-13H2. The zero-order chi connectivity index (χ0) is 18.1. The minimum Gasteiger partial charge on any atom is -0.339 e. The monoisotopic (exact) mass is 372 g/mol. The lowest BCUT2D eigenvalue weighted by atomic mass is 10.1. The molecule has 0 bridgehead atoms. The van der Waals surface area contributed by atoms with E-state index < -0.39 is 0 Å². The van der Waals surface area contributed by atoms with Crippen molar-refractivity contribution in [3.63, 3.8) is 0 Å². The highest BCUT2D eigenvalue weighted by atomic mass is 32.1. The summed E-state index contributed by atoms with van der Waals surface area (Å²) in [6.07, 6.45) is 1.28. The molecular formula is C20H21FN2O2S. The van der Waals surface area contributed by atoms with Crippen molar-refractivity contribution >= 4 is 23.2 Å². The molecule has 136 valence electrons. The summed E-state index contributed by atoms with van der Waals surface area (Å²) in [5.74, 6) is 0.274. The SMILES string of the molecule is O=C(Cc1cccs1)N1CCN(C(=O)C2CC2c2ccc(F)cc2)CC1. The molecule has 4 rings (SSSR count). The predicted molar refractivity (Wildman–Crippen MR) is 98.4 cm³/mol. The predicted octanol–water partition coefficient (Wildman–Crippen LogP) is 2.90. The lowest BCUT2D eigenvalue weighted by Crippen LogP contribution is -2.51. The summed E-state index contributed by atoms with van der Waals surface area (Å²) in [5.41, 5.74) is 1.04. The Morgan fingerprint density at radius 2 is 1.73 bits per heavy atom. The summed E-state index contributed by atoms with van der Waals surface area (Å²) in [7, 11) is 0. The first kappa shape index (κ1) is 17.2. The van der Waals surface area contributed by atoms with Crippen LogP contribution >= 0.6 is 11.3 Å². The van der Waals surface area contributed by atoms with Gasteiger partial charge in [0.15, 0.2) is 0 Å². The minimum absolute atomic E-state index is 0.00818.